The van der Waals surface area contributed by atoms with Gasteiger partial charge < -0.3 is 25.0 Å². The molecule has 1 saturated heterocycles. The number of piperidine rings is 1. The summed E-state index contributed by atoms with van der Waals surface area (Å²) in [4.78, 5) is 28.2. The third-order valence-corrected chi connectivity index (χ3v) is 6.19. The molecule has 2 fully saturated rings. The minimum atomic E-state index is -0.308. The molecule has 0 bridgehead atoms. The van der Waals surface area contributed by atoms with Gasteiger partial charge in [-0.15, -0.1) is 0 Å². The second-order valence-electron chi connectivity index (χ2n) is 8.67. The second kappa shape index (κ2) is 9.51. The quantitative estimate of drug-likeness (QED) is 0.682. The molecular weight excluding hydrogens is 406 g/mol. The lowest BCUT2D eigenvalue weighted by Crippen LogP contribution is -2.35. The summed E-state index contributed by atoms with van der Waals surface area (Å²) in [7, 11) is 3.08. The van der Waals surface area contributed by atoms with Gasteiger partial charge in [-0.1, -0.05) is 6.92 Å². The maximum Gasteiger partial charge on any atom is 0.259 e. The highest BCUT2D eigenvalue weighted by Crippen LogP contribution is 2.31. The third-order valence-electron chi connectivity index (χ3n) is 6.19. The van der Waals surface area contributed by atoms with E-state index in [1.54, 1.807) is 31.4 Å². The maximum atomic E-state index is 13.0. The van der Waals surface area contributed by atoms with Crippen molar-refractivity contribution in [3.63, 3.8) is 0 Å². The first-order chi connectivity index (χ1) is 15.5. The van der Waals surface area contributed by atoms with Gasteiger partial charge in [-0.3, -0.25) is 9.59 Å². The van der Waals surface area contributed by atoms with E-state index in [-0.39, 0.29) is 17.9 Å². The highest BCUT2D eigenvalue weighted by atomic mass is 16.5. The van der Waals surface area contributed by atoms with Crippen LogP contribution < -0.4 is 25.0 Å². The van der Waals surface area contributed by atoms with E-state index >= 15 is 0 Å². The zero-order chi connectivity index (χ0) is 22.7. The van der Waals surface area contributed by atoms with Gasteiger partial charge in [0.2, 0.25) is 0 Å². The lowest BCUT2D eigenvalue weighted by molar-refractivity contribution is 0.0950. The van der Waals surface area contributed by atoms with E-state index in [1.807, 2.05) is 12.1 Å². The third kappa shape index (κ3) is 4.98. The minimum absolute atomic E-state index is 0.0840. The lowest BCUT2D eigenvalue weighted by Gasteiger charge is -2.33. The Kier molecular flexibility index (Phi) is 6.53. The fourth-order valence-electron chi connectivity index (χ4n) is 4.00. The summed E-state index contributed by atoms with van der Waals surface area (Å²) < 4.78 is 10.6. The van der Waals surface area contributed by atoms with Crippen LogP contribution in [0.3, 0.4) is 0 Å². The number of amides is 2. The topological polar surface area (TPSA) is 79.9 Å². The summed E-state index contributed by atoms with van der Waals surface area (Å²) in [5.74, 6) is 1.34. The van der Waals surface area contributed by atoms with Gasteiger partial charge in [0.25, 0.3) is 11.8 Å². The number of methoxy groups -OCH3 is 2. The van der Waals surface area contributed by atoms with E-state index in [0.29, 0.717) is 34.2 Å². The van der Waals surface area contributed by atoms with E-state index in [0.717, 1.165) is 44.5 Å². The monoisotopic (exact) mass is 437 g/mol. The van der Waals surface area contributed by atoms with Crippen molar-refractivity contribution in [2.45, 2.75) is 38.6 Å². The number of nitrogens with one attached hydrogen (secondary N) is 2. The number of carbonyl (C=O) groups is 2. The van der Waals surface area contributed by atoms with E-state index in [9.17, 15) is 9.59 Å². The van der Waals surface area contributed by atoms with E-state index < -0.39 is 0 Å². The molecule has 1 heterocycles. The Bertz CT molecular complexity index is 995. The van der Waals surface area contributed by atoms with Crippen LogP contribution in [0.4, 0.5) is 11.4 Å². The Labute approximate surface area is 189 Å². The van der Waals surface area contributed by atoms with Crippen molar-refractivity contribution < 1.29 is 19.1 Å². The molecule has 0 spiro atoms. The molecule has 2 amide bonds. The number of carbonyl (C=O) groups excluding carboxylic acids is 2. The number of nitrogens with zero attached hydrogens (tertiary/aromatic N) is 1. The van der Waals surface area contributed by atoms with Gasteiger partial charge >= 0.3 is 0 Å². The Balaban J connectivity index is 1.59. The first-order valence-electron chi connectivity index (χ1n) is 11.2. The molecule has 7 heteroatoms. The van der Waals surface area contributed by atoms with Crippen molar-refractivity contribution in [1.29, 1.82) is 0 Å². The Morgan fingerprint density at radius 1 is 0.906 bits per heavy atom. The van der Waals surface area contributed by atoms with Crippen LogP contribution in [0.2, 0.25) is 0 Å². The smallest absolute Gasteiger partial charge is 0.259 e. The lowest BCUT2D eigenvalue weighted by atomic mass is 9.97. The van der Waals surface area contributed by atoms with Crippen molar-refractivity contribution >= 4 is 23.2 Å². The first-order valence-corrected chi connectivity index (χ1v) is 11.2. The minimum Gasteiger partial charge on any atom is -0.497 e. The van der Waals surface area contributed by atoms with Crippen LogP contribution in [0.25, 0.3) is 0 Å². The molecule has 2 aromatic rings. The fraction of sp³-hybridized carbons (Fsp3) is 0.440. The summed E-state index contributed by atoms with van der Waals surface area (Å²) in [6.45, 7) is 4.13. The van der Waals surface area contributed by atoms with Crippen LogP contribution >= 0.6 is 0 Å². The first kappa shape index (κ1) is 22.0. The molecule has 4 rings (SSSR count). The predicted octanol–water partition coefficient (Wildman–Crippen LogP) is 4.08. The van der Waals surface area contributed by atoms with Crippen molar-refractivity contribution in [3.8, 4) is 11.5 Å². The molecule has 7 nitrogen and oxygen atoms in total. The van der Waals surface area contributed by atoms with Crippen molar-refractivity contribution in [3.05, 3.63) is 47.5 Å². The van der Waals surface area contributed by atoms with Crippen LogP contribution in [0, 0.1) is 5.92 Å². The summed E-state index contributed by atoms with van der Waals surface area (Å²) in [5.41, 5.74) is 2.50. The van der Waals surface area contributed by atoms with Crippen molar-refractivity contribution in [2.24, 2.45) is 5.92 Å². The van der Waals surface area contributed by atoms with Gasteiger partial charge in [0, 0.05) is 36.6 Å². The molecule has 32 heavy (non-hydrogen) atoms. The van der Waals surface area contributed by atoms with E-state index in [1.165, 1.54) is 7.11 Å². The standard InChI is InChI=1S/C25H31N3O4/c1-16-10-12-28(13-11-16)22-9-6-18(14-21(22)25(30)26-17-4-5-17)27-24(29)20-8-7-19(31-2)15-23(20)32-3/h6-9,14-17H,4-5,10-13H2,1-3H3,(H,26,30)(H,27,29). The molecule has 1 aliphatic carbocycles. The molecule has 2 aromatic carbocycles. The number of rotatable bonds is 7. The van der Waals surface area contributed by atoms with Crippen LogP contribution in [-0.4, -0.2) is 45.2 Å². The zero-order valence-electron chi connectivity index (χ0n) is 18.9. The summed E-state index contributed by atoms with van der Waals surface area (Å²) >= 11 is 0. The van der Waals surface area contributed by atoms with Crippen molar-refractivity contribution in [2.75, 3.05) is 37.5 Å². The predicted molar refractivity (Wildman–Crippen MR) is 125 cm³/mol. The van der Waals surface area contributed by atoms with Gasteiger partial charge in [-0.2, -0.15) is 0 Å². The van der Waals surface area contributed by atoms with Crippen LogP contribution in [0.5, 0.6) is 11.5 Å². The Hall–Kier alpha value is -3.22. The van der Waals surface area contributed by atoms with Crippen molar-refractivity contribution in [1.82, 2.24) is 5.32 Å². The molecule has 170 valence electrons. The largest absolute Gasteiger partial charge is 0.497 e. The fourth-order valence-corrected chi connectivity index (χ4v) is 4.00. The molecule has 1 aliphatic heterocycles. The maximum absolute atomic E-state index is 13.0. The molecule has 0 radical (unpaired) electrons. The Morgan fingerprint density at radius 2 is 1.66 bits per heavy atom. The average Bonchev–Trinajstić information content (AvgIpc) is 3.63. The van der Waals surface area contributed by atoms with Crippen LogP contribution in [-0.2, 0) is 0 Å². The molecule has 0 aromatic heterocycles. The van der Waals surface area contributed by atoms with Gasteiger partial charge in [0.15, 0.2) is 0 Å². The average molecular weight is 438 g/mol. The Morgan fingerprint density at radius 3 is 2.31 bits per heavy atom. The highest BCUT2D eigenvalue weighted by molar-refractivity contribution is 6.08. The van der Waals surface area contributed by atoms with Gasteiger partial charge in [-0.05, 0) is 61.9 Å². The molecule has 0 unspecified atom stereocenters. The number of anilines is 2. The normalized spacial score (nSPS) is 16.4. The molecule has 2 N–H and O–H groups in total. The molecular formula is C25H31N3O4. The molecule has 1 saturated carbocycles. The number of hydrogen-bond acceptors (Lipinski definition) is 5. The number of benzene rings is 2. The highest BCUT2D eigenvalue weighted by Gasteiger charge is 2.27. The van der Waals surface area contributed by atoms with Gasteiger partial charge in [0.05, 0.1) is 25.3 Å². The second-order valence-corrected chi connectivity index (χ2v) is 8.67. The number of hydrogen-bond donors (Lipinski definition) is 2. The SMILES string of the molecule is COc1ccc(C(=O)Nc2ccc(N3CCC(C)CC3)c(C(=O)NC3CC3)c2)c(OC)c1. The summed E-state index contributed by atoms with van der Waals surface area (Å²) in [5, 5.41) is 6.00. The van der Waals surface area contributed by atoms with E-state index in [4.69, 9.17) is 9.47 Å². The van der Waals surface area contributed by atoms with E-state index in [2.05, 4.69) is 22.5 Å². The van der Waals surface area contributed by atoms with Crippen LogP contribution in [0.15, 0.2) is 36.4 Å². The molecule has 2 aliphatic rings. The summed E-state index contributed by atoms with van der Waals surface area (Å²) in [6.07, 6.45) is 4.27. The molecule has 0 atom stereocenters. The van der Waals surface area contributed by atoms with Crippen LogP contribution in [0.1, 0.15) is 53.3 Å². The summed E-state index contributed by atoms with van der Waals surface area (Å²) in [6, 6.07) is 10.9. The zero-order valence-corrected chi connectivity index (χ0v) is 18.9. The van der Waals surface area contributed by atoms with Gasteiger partial charge in [-0.25, -0.2) is 0 Å². The van der Waals surface area contributed by atoms with Gasteiger partial charge in [0.1, 0.15) is 11.5 Å². The number of ether oxygens (including phenoxy) is 2.